The van der Waals surface area contributed by atoms with Crippen molar-refractivity contribution in [1.82, 2.24) is 9.80 Å². The molecule has 1 amide bonds. The largest absolute Gasteiger partial charge is 0.494 e. The number of carbonyl (C=O) groups excluding carboxylic acids is 1. The van der Waals surface area contributed by atoms with Gasteiger partial charge in [-0.3, -0.25) is 4.79 Å². The average Bonchev–Trinajstić information content (AvgIpc) is 2.77. The zero-order chi connectivity index (χ0) is 19.2. The lowest BCUT2D eigenvalue weighted by Crippen LogP contribution is -2.35. The molecular formula is C24H33ClN2O2. The summed E-state index contributed by atoms with van der Waals surface area (Å²) >= 11 is 0. The average molecular weight is 417 g/mol. The number of carbonyl (C=O) groups is 1. The Hall–Kier alpha value is -1.78. The molecule has 2 fully saturated rings. The molecular weight excluding hydrogens is 384 g/mol. The van der Waals surface area contributed by atoms with Gasteiger partial charge in [0, 0.05) is 25.2 Å². The molecule has 0 spiro atoms. The normalized spacial score (nSPS) is 17.7. The summed E-state index contributed by atoms with van der Waals surface area (Å²) in [4.78, 5) is 17.3. The number of fused-ring (bicyclic) bond motifs is 1. The van der Waals surface area contributed by atoms with Crippen molar-refractivity contribution in [2.45, 2.75) is 44.9 Å². The van der Waals surface area contributed by atoms with Crippen LogP contribution in [0.2, 0.25) is 0 Å². The maximum atomic E-state index is 12.7. The van der Waals surface area contributed by atoms with Crippen LogP contribution in [-0.2, 0) is 0 Å². The first-order valence-corrected chi connectivity index (χ1v) is 11.0. The molecule has 0 aromatic heterocycles. The van der Waals surface area contributed by atoms with Crippen molar-refractivity contribution in [3.05, 3.63) is 42.0 Å². The molecule has 2 aliphatic heterocycles. The van der Waals surface area contributed by atoms with Crippen LogP contribution in [0.3, 0.4) is 0 Å². The molecule has 2 heterocycles. The maximum absolute atomic E-state index is 12.7. The lowest BCUT2D eigenvalue weighted by Gasteiger charge is -2.26. The van der Waals surface area contributed by atoms with Crippen LogP contribution in [0.15, 0.2) is 36.4 Å². The van der Waals surface area contributed by atoms with Crippen LogP contribution in [-0.4, -0.2) is 55.0 Å². The number of rotatable bonds is 6. The molecule has 29 heavy (non-hydrogen) atoms. The van der Waals surface area contributed by atoms with E-state index in [2.05, 4.69) is 17.0 Å². The number of hydrogen-bond donors (Lipinski definition) is 0. The molecule has 0 aliphatic carbocycles. The van der Waals surface area contributed by atoms with Gasteiger partial charge in [-0.15, -0.1) is 12.4 Å². The topological polar surface area (TPSA) is 32.8 Å². The lowest BCUT2D eigenvalue weighted by atomic mass is 10.0. The summed E-state index contributed by atoms with van der Waals surface area (Å²) in [7, 11) is 0. The third-order valence-corrected chi connectivity index (χ3v) is 6.04. The van der Waals surface area contributed by atoms with Gasteiger partial charge in [0.05, 0.1) is 6.61 Å². The van der Waals surface area contributed by atoms with Crippen molar-refractivity contribution in [1.29, 1.82) is 0 Å². The van der Waals surface area contributed by atoms with Gasteiger partial charge in [0.15, 0.2) is 0 Å². The third-order valence-electron chi connectivity index (χ3n) is 6.04. The van der Waals surface area contributed by atoms with Crippen molar-refractivity contribution in [2.24, 2.45) is 0 Å². The first-order chi connectivity index (χ1) is 13.8. The number of hydrogen-bond acceptors (Lipinski definition) is 3. The maximum Gasteiger partial charge on any atom is 0.253 e. The molecule has 0 bridgehead atoms. The number of nitrogens with zero attached hydrogens (tertiary/aromatic N) is 2. The minimum atomic E-state index is 0. The van der Waals surface area contributed by atoms with E-state index in [0.717, 1.165) is 67.6 Å². The number of piperidine rings is 2. The van der Waals surface area contributed by atoms with Crippen LogP contribution < -0.4 is 4.74 Å². The fourth-order valence-corrected chi connectivity index (χ4v) is 4.39. The summed E-state index contributed by atoms with van der Waals surface area (Å²) in [6.07, 6.45) is 8.62. The Kier molecular flexibility index (Phi) is 8.19. The summed E-state index contributed by atoms with van der Waals surface area (Å²) in [6.45, 7) is 6.16. The molecule has 0 saturated carbocycles. The number of ether oxygens (including phenoxy) is 1. The van der Waals surface area contributed by atoms with Gasteiger partial charge in [-0.1, -0.05) is 18.6 Å². The summed E-state index contributed by atoms with van der Waals surface area (Å²) < 4.78 is 5.98. The van der Waals surface area contributed by atoms with Crippen molar-refractivity contribution in [3.8, 4) is 5.75 Å². The van der Waals surface area contributed by atoms with Crippen molar-refractivity contribution >= 4 is 29.1 Å². The van der Waals surface area contributed by atoms with Crippen molar-refractivity contribution in [3.63, 3.8) is 0 Å². The molecule has 158 valence electrons. The second-order valence-electron chi connectivity index (χ2n) is 8.18. The monoisotopic (exact) mass is 416 g/mol. The van der Waals surface area contributed by atoms with Gasteiger partial charge in [0.1, 0.15) is 5.75 Å². The molecule has 2 aliphatic rings. The summed E-state index contributed by atoms with van der Waals surface area (Å²) in [5, 5.41) is 2.23. The van der Waals surface area contributed by atoms with E-state index in [0.29, 0.717) is 0 Å². The van der Waals surface area contributed by atoms with Crippen LogP contribution in [0.4, 0.5) is 0 Å². The molecule has 4 rings (SSSR count). The molecule has 0 N–H and O–H groups in total. The van der Waals surface area contributed by atoms with Gasteiger partial charge in [-0.05, 0) is 86.7 Å². The zero-order valence-corrected chi connectivity index (χ0v) is 18.1. The highest BCUT2D eigenvalue weighted by atomic mass is 35.5. The van der Waals surface area contributed by atoms with Gasteiger partial charge in [0.25, 0.3) is 5.91 Å². The molecule has 0 radical (unpaired) electrons. The smallest absolute Gasteiger partial charge is 0.253 e. The fourth-order valence-electron chi connectivity index (χ4n) is 4.39. The highest BCUT2D eigenvalue weighted by Crippen LogP contribution is 2.23. The Morgan fingerprint density at radius 1 is 0.828 bits per heavy atom. The minimum Gasteiger partial charge on any atom is -0.494 e. The quantitative estimate of drug-likeness (QED) is 0.611. The van der Waals surface area contributed by atoms with E-state index in [9.17, 15) is 4.79 Å². The predicted octanol–water partition coefficient (Wildman–Crippen LogP) is 5.14. The Balaban J connectivity index is 0.00000240. The second-order valence-corrected chi connectivity index (χ2v) is 8.18. The van der Waals surface area contributed by atoms with E-state index >= 15 is 0 Å². The molecule has 0 unspecified atom stereocenters. The van der Waals surface area contributed by atoms with E-state index < -0.39 is 0 Å². The lowest BCUT2D eigenvalue weighted by molar-refractivity contribution is 0.0724. The molecule has 5 heteroatoms. The summed E-state index contributed by atoms with van der Waals surface area (Å²) in [5.74, 6) is 1.08. The molecule has 0 atom stereocenters. The molecule has 2 aromatic rings. The van der Waals surface area contributed by atoms with E-state index in [4.69, 9.17) is 4.74 Å². The molecule has 2 saturated heterocycles. The summed E-state index contributed by atoms with van der Waals surface area (Å²) in [6, 6.07) is 12.2. The third kappa shape index (κ3) is 5.86. The van der Waals surface area contributed by atoms with Crippen molar-refractivity contribution in [2.75, 3.05) is 39.3 Å². The first kappa shape index (κ1) is 21.9. The Labute approximate surface area is 180 Å². The number of likely N-dealkylation sites (tertiary alicyclic amines) is 2. The fraction of sp³-hybridized carbons (Fsp3) is 0.542. The molecule has 2 aromatic carbocycles. The van der Waals surface area contributed by atoms with Gasteiger partial charge in [0.2, 0.25) is 0 Å². The number of amides is 1. The Morgan fingerprint density at radius 3 is 2.24 bits per heavy atom. The highest BCUT2D eigenvalue weighted by Gasteiger charge is 2.18. The number of halogens is 1. The summed E-state index contributed by atoms with van der Waals surface area (Å²) in [5.41, 5.74) is 0.796. The van der Waals surface area contributed by atoms with Crippen LogP contribution in [0.1, 0.15) is 55.3 Å². The molecule has 4 nitrogen and oxygen atoms in total. The van der Waals surface area contributed by atoms with E-state index in [1.54, 1.807) is 0 Å². The van der Waals surface area contributed by atoms with Gasteiger partial charge >= 0.3 is 0 Å². The Bertz CT molecular complexity index is 799. The van der Waals surface area contributed by atoms with Crippen LogP contribution in [0.5, 0.6) is 5.75 Å². The predicted molar refractivity (Wildman–Crippen MR) is 121 cm³/mol. The van der Waals surface area contributed by atoms with E-state index in [1.807, 2.05) is 29.2 Å². The highest BCUT2D eigenvalue weighted by molar-refractivity contribution is 5.98. The van der Waals surface area contributed by atoms with E-state index in [-0.39, 0.29) is 18.3 Å². The van der Waals surface area contributed by atoms with Crippen LogP contribution in [0.25, 0.3) is 10.8 Å². The standard InChI is InChI=1S/C24H32N2O2.ClH/c27-24(26-15-5-2-6-16-26)22-9-8-21-19-23(11-10-20(21)18-22)28-17-7-14-25-12-3-1-4-13-25;/h8-11,18-19H,1-7,12-17H2;1H. The van der Waals surface area contributed by atoms with E-state index in [1.165, 1.54) is 38.8 Å². The van der Waals surface area contributed by atoms with Gasteiger partial charge in [-0.25, -0.2) is 0 Å². The first-order valence-electron chi connectivity index (χ1n) is 11.0. The SMILES string of the molecule is Cl.O=C(c1ccc2cc(OCCCN3CCCCC3)ccc2c1)N1CCCCC1. The van der Waals surface area contributed by atoms with Crippen LogP contribution >= 0.6 is 12.4 Å². The zero-order valence-electron chi connectivity index (χ0n) is 17.3. The van der Waals surface area contributed by atoms with Gasteiger partial charge in [-0.2, -0.15) is 0 Å². The van der Waals surface area contributed by atoms with Gasteiger partial charge < -0.3 is 14.5 Å². The minimum absolute atomic E-state index is 0. The second kappa shape index (κ2) is 10.8. The number of benzene rings is 2. The van der Waals surface area contributed by atoms with Crippen molar-refractivity contribution < 1.29 is 9.53 Å². The van der Waals surface area contributed by atoms with Crippen LogP contribution in [0, 0.1) is 0 Å². The Morgan fingerprint density at radius 2 is 1.48 bits per heavy atom.